The molecule has 2 N–H and O–H groups in total. The standard InChI is InChI=1S/2C6H8O7.Sr.Ti/c2*7-3(8)1-6(13,5(11)12)2-4(9)10;;/h2*13H,1-2H2,(H,7,8)(H,9,10)(H,11,12);;/q;;+2;+4/p-6. The average molecular weight is 514 g/mol. The summed E-state index contributed by atoms with van der Waals surface area (Å²) in [6, 6.07) is 0. The Morgan fingerprint density at radius 2 is 0.679 bits per heavy atom. The van der Waals surface area contributed by atoms with E-state index in [2.05, 4.69) is 0 Å². The number of hydrogen-bond donors (Lipinski definition) is 2. The van der Waals surface area contributed by atoms with Crippen LogP contribution in [0.4, 0.5) is 0 Å². The molecule has 0 aliphatic heterocycles. The summed E-state index contributed by atoms with van der Waals surface area (Å²) >= 11 is 0. The van der Waals surface area contributed by atoms with Crippen LogP contribution in [0.25, 0.3) is 0 Å². The van der Waals surface area contributed by atoms with Gasteiger partial charge in [-0.3, -0.25) is 0 Å². The average Bonchev–Trinajstić information content (AvgIpc) is 2.34. The Labute approximate surface area is 207 Å². The summed E-state index contributed by atoms with van der Waals surface area (Å²) in [6.07, 6.45) is -5.43. The van der Waals surface area contributed by atoms with Crippen LogP contribution in [0.1, 0.15) is 25.7 Å². The van der Waals surface area contributed by atoms with E-state index in [1.165, 1.54) is 0 Å². The molecule has 14 nitrogen and oxygen atoms in total. The summed E-state index contributed by atoms with van der Waals surface area (Å²) in [5.74, 6) is -12.0. The van der Waals surface area contributed by atoms with Crippen molar-refractivity contribution in [1.82, 2.24) is 0 Å². The molecule has 0 fully saturated rings. The molecule has 0 rings (SSSR count). The van der Waals surface area contributed by atoms with Gasteiger partial charge in [0.25, 0.3) is 0 Å². The van der Waals surface area contributed by atoms with Gasteiger partial charge in [0, 0.05) is 49.6 Å². The van der Waals surface area contributed by atoms with Crippen LogP contribution in [-0.4, -0.2) is 103 Å². The third-order valence-electron chi connectivity index (χ3n) is 2.51. The molecule has 0 aliphatic carbocycles. The topological polar surface area (TPSA) is 281 Å². The fraction of sp³-hybridized carbons (Fsp3) is 0.500. The van der Waals surface area contributed by atoms with Crippen molar-refractivity contribution in [1.29, 1.82) is 0 Å². The van der Waals surface area contributed by atoms with Gasteiger partial charge >= 0.3 is 67.2 Å². The van der Waals surface area contributed by atoms with Crippen LogP contribution in [0.15, 0.2) is 0 Å². The van der Waals surface area contributed by atoms with E-state index in [9.17, 15) is 59.4 Å². The van der Waals surface area contributed by atoms with Crippen LogP contribution >= 0.6 is 0 Å². The number of hydrogen-bond acceptors (Lipinski definition) is 14. The van der Waals surface area contributed by atoms with E-state index in [1.54, 1.807) is 0 Å². The summed E-state index contributed by atoms with van der Waals surface area (Å²) in [5.41, 5.74) is -5.95. The van der Waals surface area contributed by atoms with E-state index < -0.39 is 72.7 Å². The maximum Gasteiger partial charge on any atom is 4.00 e. The summed E-state index contributed by atoms with van der Waals surface area (Å²) in [5, 5.41) is 77.9. The first-order chi connectivity index (χ1) is 11.6. The molecule has 0 saturated heterocycles. The van der Waals surface area contributed by atoms with Crippen molar-refractivity contribution >= 4 is 81.3 Å². The SMILES string of the molecule is O=C([O-])CC(O)(CC(=O)[O-])C(=O)[O-].O=C([O-])CC(O)(CC(=O)[O-])C(=O)[O-].[Sr+2].[Ti+4]. The number of carbonyl (C=O) groups is 6. The number of carboxylic acid groups (broad SMARTS) is 6. The van der Waals surface area contributed by atoms with Gasteiger partial charge in [0.2, 0.25) is 0 Å². The Balaban J connectivity index is -0.000000192. The second-order valence-corrected chi connectivity index (χ2v) is 4.83. The van der Waals surface area contributed by atoms with Crippen LogP contribution in [0.5, 0.6) is 0 Å². The summed E-state index contributed by atoms with van der Waals surface area (Å²) in [7, 11) is 0. The van der Waals surface area contributed by atoms with E-state index in [0.29, 0.717) is 0 Å². The fourth-order valence-corrected chi connectivity index (χ4v) is 1.37. The van der Waals surface area contributed by atoms with Crippen molar-refractivity contribution in [3.63, 3.8) is 0 Å². The third kappa shape index (κ3) is 14.9. The quantitative estimate of drug-likeness (QED) is 0.256. The van der Waals surface area contributed by atoms with Crippen molar-refractivity contribution < 1.29 is 91.3 Å². The minimum absolute atomic E-state index is 0. The summed E-state index contributed by atoms with van der Waals surface area (Å²) in [6.45, 7) is 0. The summed E-state index contributed by atoms with van der Waals surface area (Å²) < 4.78 is 0. The first-order valence-corrected chi connectivity index (χ1v) is 6.23. The number of carbonyl (C=O) groups excluding carboxylic acids is 6. The van der Waals surface area contributed by atoms with Crippen LogP contribution in [0.3, 0.4) is 0 Å². The third-order valence-corrected chi connectivity index (χ3v) is 2.51. The van der Waals surface area contributed by atoms with Crippen molar-refractivity contribution in [3.8, 4) is 0 Å². The van der Waals surface area contributed by atoms with Gasteiger partial charge in [0.1, 0.15) is 11.2 Å². The maximum absolute atomic E-state index is 10.1. The zero-order valence-electron chi connectivity index (χ0n) is 13.8. The number of aliphatic hydroxyl groups is 2. The van der Waals surface area contributed by atoms with Crippen molar-refractivity contribution in [2.45, 2.75) is 36.9 Å². The smallest absolute Gasteiger partial charge is 0.550 e. The van der Waals surface area contributed by atoms with Crippen molar-refractivity contribution in [3.05, 3.63) is 0 Å². The number of carboxylic acids is 6. The molecule has 0 aromatic rings. The molecule has 0 spiro atoms. The van der Waals surface area contributed by atoms with Crippen LogP contribution in [-0.2, 0) is 50.5 Å². The second-order valence-electron chi connectivity index (χ2n) is 4.83. The molecular formula is C12H10O14SrTi. The molecule has 0 atom stereocenters. The van der Waals surface area contributed by atoms with E-state index in [1.807, 2.05) is 0 Å². The van der Waals surface area contributed by atoms with Crippen molar-refractivity contribution in [2.24, 2.45) is 0 Å². The molecule has 0 aromatic carbocycles. The van der Waals surface area contributed by atoms with Gasteiger partial charge in [-0.2, -0.15) is 0 Å². The molecule has 0 heterocycles. The monoisotopic (exact) mass is 514 g/mol. The molecule has 0 saturated carbocycles. The summed E-state index contributed by atoms with van der Waals surface area (Å²) in [4.78, 5) is 60.0. The Hall–Kier alpha value is -1.07. The number of rotatable bonds is 10. The minimum Gasteiger partial charge on any atom is -0.550 e. The molecule has 0 amide bonds. The second kappa shape index (κ2) is 14.9. The Bertz CT molecular complexity index is 519. The van der Waals surface area contributed by atoms with Gasteiger partial charge < -0.3 is 69.6 Å². The molecule has 148 valence electrons. The molecular weight excluding hydrogens is 504 g/mol. The first kappa shape index (κ1) is 34.4. The predicted octanol–water partition coefficient (Wildman–Crippen LogP) is -10.9. The molecule has 0 bridgehead atoms. The molecule has 16 heteroatoms. The largest absolute Gasteiger partial charge is 4.00 e. The van der Waals surface area contributed by atoms with Gasteiger partial charge in [0.05, 0.1) is 11.9 Å². The number of aliphatic carboxylic acids is 6. The fourth-order valence-electron chi connectivity index (χ4n) is 1.37. The van der Waals surface area contributed by atoms with Gasteiger partial charge in [-0.1, -0.05) is 0 Å². The van der Waals surface area contributed by atoms with Crippen molar-refractivity contribution in [2.75, 3.05) is 0 Å². The maximum atomic E-state index is 10.1. The van der Waals surface area contributed by atoms with E-state index in [4.69, 9.17) is 10.2 Å². The molecule has 0 aliphatic rings. The zero-order chi connectivity index (χ0) is 21.3. The molecule has 0 unspecified atom stereocenters. The molecule has 28 heavy (non-hydrogen) atoms. The first-order valence-electron chi connectivity index (χ1n) is 6.23. The Kier molecular flexibility index (Phi) is 18.3. The normalized spacial score (nSPS) is 10.1. The van der Waals surface area contributed by atoms with E-state index in [-0.39, 0.29) is 67.2 Å². The minimum atomic E-state index is -2.97. The molecule has 0 radical (unpaired) electrons. The van der Waals surface area contributed by atoms with Gasteiger partial charge in [-0.15, -0.1) is 0 Å². The Morgan fingerprint density at radius 3 is 0.750 bits per heavy atom. The van der Waals surface area contributed by atoms with Crippen LogP contribution in [0, 0.1) is 0 Å². The Morgan fingerprint density at radius 1 is 0.536 bits per heavy atom. The van der Waals surface area contributed by atoms with E-state index >= 15 is 0 Å². The van der Waals surface area contributed by atoms with Gasteiger partial charge in [-0.05, 0) is 0 Å². The van der Waals surface area contributed by atoms with Gasteiger partial charge in [0.15, 0.2) is 0 Å². The van der Waals surface area contributed by atoms with E-state index in [0.717, 1.165) is 0 Å². The van der Waals surface area contributed by atoms with Crippen LogP contribution in [0.2, 0.25) is 0 Å². The predicted molar refractivity (Wildman–Crippen MR) is 64.2 cm³/mol. The zero-order valence-corrected chi connectivity index (χ0v) is 18.9. The van der Waals surface area contributed by atoms with Gasteiger partial charge in [-0.25, -0.2) is 0 Å². The van der Waals surface area contributed by atoms with Crippen LogP contribution < -0.4 is 30.6 Å². The molecule has 0 aromatic heterocycles.